The minimum Gasteiger partial charge on any atom is -0.494 e. The van der Waals surface area contributed by atoms with E-state index >= 15 is 0 Å². The molecule has 0 radical (unpaired) electrons. The molecule has 0 spiro atoms. The third-order valence-corrected chi connectivity index (χ3v) is 6.40. The van der Waals surface area contributed by atoms with Gasteiger partial charge >= 0.3 is 0 Å². The Labute approximate surface area is 192 Å². The molecule has 2 aliphatic rings. The molecule has 0 atom stereocenters. The minimum absolute atomic E-state index is 0.0508. The molecule has 2 amide bonds. The van der Waals surface area contributed by atoms with Gasteiger partial charge in [0.25, 0.3) is 17.4 Å². The van der Waals surface area contributed by atoms with E-state index in [-0.39, 0.29) is 40.7 Å². The molecule has 1 saturated carbocycles. The topological polar surface area (TPSA) is 127 Å². The Morgan fingerprint density at radius 3 is 2.30 bits per heavy atom. The van der Waals surface area contributed by atoms with Gasteiger partial charge in [0.2, 0.25) is 5.88 Å². The fourth-order valence-corrected chi connectivity index (χ4v) is 4.50. The second kappa shape index (κ2) is 9.70. The Morgan fingerprint density at radius 1 is 1.06 bits per heavy atom. The highest BCUT2D eigenvalue weighted by Gasteiger charge is 2.39. The Morgan fingerprint density at radius 2 is 1.73 bits per heavy atom. The van der Waals surface area contributed by atoms with Gasteiger partial charge in [0.05, 0.1) is 0 Å². The summed E-state index contributed by atoms with van der Waals surface area (Å²) in [5.41, 5.74) is 0.481. The summed E-state index contributed by atoms with van der Waals surface area (Å²) in [5, 5.41) is 29.5. The van der Waals surface area contributed by atoms with Crippen molar-refractivity contribution >= 4 is 17.9 Å². The third-order valence-electron chi connectivity index (χ3n) is 6.40. The minimum atomic E-state index is -0.563. The first-order valence-corrected chi connectivity index (χ1v) is 11.0. The number of carbonyl (C=O) groups excluding carboxylic acids is 2. The Balaban J connectivity index is 2.07. The van der Waals surface area contributed by atoms with Gasteiger partial charge in [0, 0.05) is 23.7 Å². The second-order valence-corrected chi connectivity index (χ2v) is 8.22. The number of nitriles is 2. The maximum Gasteiger partial charge on any atom is 0.271 e. The summed E-state index contributed by atoms with van der Waals surface area (Å²) in [7, 11) is 0. The Kier molecular flexibility index (Phi) is 6.98. The number of amides is 2. The first-order chi connectivity index (χ1) is 15.8. The third kappa shape index (κ3) is 4.12. The second-order valence-electron chi connectivity index (χ2n) is 8.22. The highest BCUT2D eigenvalue weighted by molar-refractivity contribution is 6.18. The van der Waals surface area contributed by atoms with Crippen LogP contribution in [0.4, 0.5) is 0 Å². The molecule has 170 valence electrons. The molecule has 1 fully saturated rings. The summed E-state index contributed by atoms with van der Waals surface area (Å²) in [6.07, 6.45) is 8.90. The number of imide groups is 1. The number of allylic oxidation sites excluding steroid dienone is 2. The van der Waals surface area contributed by atoms with Crippen LogP contribution < -0.4 is 5.56 Å². The van der Waals surface area contributed by atoms with Gasteiger partial charge in [-0.05, 0) is 56.9 Å². The molecule has 8 nitrogen and oxygen atoms in total. The largest absolute Gasteiger partial charge is 0.494 e. The fraction of sp³-hybridized carbons (Fsp3) is 0.400. The fourth-order valence-electron chi connectivity index (χ4n) is 4.50. The Hall–Kier alpha value is -3.91. The molecule has 1 N–H and O–H groups in total. The highest BCUT2D eigenvalue weighted by Crippen LogP contribution is 2.32. The molecule has 1 aliphatic carbocycles. The van der Waals surface area contributed by atoms with Gasteiger partial charge in [-0.3, -0.25) is 23.9 Å². The maximum absolute atomic E-state index is 13.3. The van der Waals surface area contributed by atoms with Crippen LogP contribution in [-0.2, 0) is 16.1 Å². The lowest BCUT2D eigenvalue weighted by Gasteiger charge is -2.36. The molecule has 0 unspecified atom stereocenters. The Bertz CT molecular complexity index is 1240. The van der Waals surface area contributed by atoms with Gasteiger partial charge in [0.1, 0.15) is 23.3 Å². The van der Waals surface area contributed by atoms with Crippen LogP contribution in [0.15, 0.2) is 33.7 Å². The van der Waals surface area contributed by atoms with Crippen LogP contribution in [0.25, 0.3) is 6.08 Å². The van der Waals surface area contributed by atoms with Crippen molar-refractivity contribution in [1.82, 2.24) is 9.47 Å². The van der Waals surface area contributed by atoms with E-state index in [4.69, 9.17) is 0 Å². The van der Waals surface area contributed by atoms with Gasteiger partial charge < -0.3 is 5.11 Å². The van der Waals surface area contributed by atoms with E-state index in [0.29, 0.717) is 11.1 Å². The van der Waals surface area contributed by atoms with Crippen LogP contribution in [0.3, 0.4) is 0 Å². The summed E-state index contributed by atoms with van der Waals surface area (Å²) in [6.45, 7) is 5.01. The molecule has 8 heteroatoms. The first-order valence-electron chi connectivity index (χ1n) is 11.0. The van der Waals surface area contributed by atoms with Gasteiger partial charge in [-0.1, -0.05) is 25.3 Å². The molecular weight excluding hydrogens is 420 g/mol. The average Bonchev–Trinajstić information content (AvgIpc) is 2.79. The lowest BCUT2D eigenvalue weighted by Crippen LogP contribution is -2.49. The van der Waals surface area contributed by atoms with E-state index in [0.717, 1.165) is 36.7 Å². The summed E-state index contributed by atoms with van der Waals surface area (Å²) >= 11 is 0. The number of aromatic hydroxyl groups is 1. The number of nitrogens with zero attached hydrogens (tertiary/aromatic N) is 4. The van der Waals surface area contributed by atoms with E-state index in [1.807, 2.05) is 12.1 Å². The average molecular weight is 447 g/mol. The molecule has 1 aliphatic heterocycles. The van der Waals surface area contributed by atoms with Crippen molar-refractivity contribution in [3.8, 4) is 18.0 Å². The molecule has 1 aromatic heterocycles. The van der Waals surface area contributed by atoms with Crippen LogP contribution in [0.2, 0.25) is 0 Å². The van der Waals surface area contributed by atoms with E-state index in [1.54, 1.807) is 20.8 Å². The zero-order chi connectivity index (χ0) is 24.3. The highest BCUT2D eigenvalue weighted by atomic mass is 16.3. The summed E-state index contributed by atoms with van der Waals surface area (Å²) in [4.78, 5) is 39.7. The summed E-state index contributed by atoms with van der Waals surface area (Å²) in [5.74, 6) is -1.26. The van der Waals surface area contributed by atoms with Crippen molar-refractivity contribution in [2.75, 3.05) is 0 Å². The molecule has 33 heavy (non-hydrogen) atoms. The van der Waals surface area contributed by atoms with E-state index in [9.17, 15) is 30.0 Å². The van der Waals surface area contributed by atoms with Gasteiger partial charge in [-0.25, -0.2) is 0 Å². The van der Waals surface area contributed by atoms with E-state index in [1.165, 1.54) is 23.1 Å². The van der Waals surface area contributed by atoms with E-state index < -0.39 is 17.4 Å². The number of carbonyl (C=O) groups is 2. The van der Waals surface area contributed by atoms with Crippen LogP contribution in [0.5, 0.6) is 5.88 Å². The van der Waals surface area contributed by atoms with Crippen LogP contribution in [0, 0.1) is 29.6 Å². The van der Waals surface area contributed by atoms with Crippen molar-refractivity contribution in [3.05, 3.63) is 55.9 Å². The van der Waals surface area contributed by atoms with Gasteiger partial charge in [0.15, 0.2) is 0 Å². The predicted octanol–water partition coefficient (Wildman–Crippen LogP) is 3.24. The lowest BCUT2D eigenvalue weighted by atomic mass is 9.89. The van der Waals surface area contributed by atoms with Crippen molar-refractivity contribution in [1.29, 1.82) is 10.5 Å². The SMILES string of the molecule is CCn1c(O)c(/C=C/C=C2\C(=O)N(C3CCCCC3)C(=O)C(C#N)=C2C)c(C)c(C#N)c1=O. The lowest BCUT2D eigenvalue weighted by molar-refractivity contribution is -0.144. The molecule has 0 bridgehead atoms. The predicted molar refractivity (Wildman–Crippen MR) is 122 cm³/mol. The van der Waals surface area contributed by atoms with Crippen LogP contribution in [0.1, 0.15) is 62.6 Å². The number of pyridine rings is 1. The zero-order valence-electron chi connectivity index (χ0n) is 19.0. The molecule has 3 rings (SSSR count). The maximum atomic E-state index is 13.3. The van der Waals surface area contributed by atoms with Gasteiger partial charge in [-0.15, -0.1) is 0 Å². The molecule has 0 aromatic carbocycles. The smallest absolute Gasteiger partial charge is 0.271 e. The summed E-state index contributed by atoms with van der Waals surface area (Å²) < 4.78 is 1.10. The van der Waals surface area contributed by atoms with Crippen molar-refractivity contribution < 1.29 is 14.7 Å². The van der Waals surface area contributed by atoms with Crippen molar-refractivity contribution in [3.63, 3.8) is 0 Å². The van der Waals surface area contributed by atoms with E-state index in [2.05, 4.69) is 0 Å². The number of hydrogen-bond acceptors (Lipinski definition) is 6. The van der Waals surface area contributed by atoms with Crippen LogP contribution in [-0.4, -0.2) is 32.4 Å². The molecule has 0 saturated heterocycles. The number of rotatable bonds is 4. The molecule has 2 heterocycles. The quantitative estimate of drug-likeness (QED) is 0.559. The van der Waals surface area contributed by atoms with Crippen molar-refractivity contribution in [2.45, 2.75) is 65.5 Å². The number of aromatic nitrogens is 1. The zero-order valence-corrected chi connectivity index (χ0v) is 19.0. The molecule has 1 aromatic rings. The van der Waals surface area contributed by atoms with Crippen molar-refractivity contribution in [2.24, 2.45) is 0 Å². The first kappa shape index (κ1) is 23.7. The monoisotopic (exact) mass is 446 g/mol. The number of hydrogen-bond donors (Lipinski definition) is 1. The van der Waals surface area contributed by atoms with Gasteiger partial charge in [-0.2, -0.15) is 10.5 Å². The molecular formula is C25H26N4O4. The standard InChI is InChI=1S/C25H26N4O4/c1-4-28-22(30)18(15(2)20(13-26)23(28)31)11-8-12-19-16(3)21(14-27)25(33)29(24(19)32)17-9-6-5-7-10-17/h8,11-12,17,30H,4-7,9-10H2,1-3H3/b11-8+,19-12-. The summed E-state index contributed by atoms with van der Waals surface area (Å²) in [6, 6.07) is 3.61. The normalized spacial score (nSPS) is 18.8. The van der Waals surface area contributed by atoms with Crippen LogP contribution >= 0.6 is 0 Å².